The van der Waals surface area contributed by atoms with Gasteiger partial charge in [0, 0.05) is 19.2 Å². The minimum absolute atomic E-state index is 0.457. The molecule has 2 rings (SSSR count). The van der Waals surface area contributed by atoms with Crippen molar-refractivity contribution in [3.05, 3.63) is 40.5 Å². The van der Waals surface area contributed by atoms with Crippen LogP contribution < -0.4 is 10.6 Å². The van der Waals surface area contributed by atoms with Crippen molar-refractivity contribution in [2.75, 3.05) is 11.9 Å². The Morgan fingerprint density at radius 3 is 2.53 bits per heavy atom. The van der Waals surface area contributed by atoms with Crippen molar-refractivity contribution in [3.63, 3.8) is 0 Å². The number of hydrogen-bond acceptors (Lipinski definition) is 5. The van der Waals surface area contributed by atoms with E-state index in [1.54, 1.807) is 0 Å². The molecule has 2 N–H and O–H groups in total. The standard InChI is InChI=1S/C14H20N4O/c1-9-5-6-12(19-9)8-18(4)14-13(7-15)10(2)11(3)16-17-14/h5-6H,7-8,15H2,1-4H3. The van der Waals surface area contributed by atoms with Crippen molar-refractivity contribution < 1.29 is 4.42 Å². The number of anilines is 1. The zero-order valence-electron chi connectivity index (χ0n) is 11.9. The molecule has 5 nitrogen and oxygen atoms in total. The van der Waals surface area contributed by atoms with Crippen LogP contribution >= 0.6 is 0 Å². The Balaban J connectivity index is 2.28. The molecule has 2 aromatic heterocycles. The van der Waals surface area contributed by atoms with Gasteiger partial charge in [-0.3, -0.25) is 0 Å². The summed E-state index contributed by atoms with van der Waals surface area (Å²) in [7, 11) is 1.97. The van der Waals surface area contributed by atoms with Gasteiger partial charge in [-0.15, -0.1) is 5.10 Å². The maximum Gasteiger partial charge on any atom is 0.156 e. The van der Waals surface area contributed by atoms with Crippen molar-refractivity contribution in [2.24, 2.45) is 5.73 Å². The van der Waals surface area contributed by atoms with E-state index < -0.39 is 0 Å². The SMILES string of the molecule is Cc1ccc(CN(C)c2nnc(C)c(C)c2CN)o1. The second kappa shape index (κ2) is 5.40. The van der Waals surface area contributed by atoms with Crippen LogP contribution in [0, 0.1) is 20.8 Å². The maximum absolute atomic E-state index is 5.84. The van der Waals surface area contributed by atoms with E-state index in [0.717, 1.165) is 34.2 Å². The Morgan fingerprint density at radius 1 is 1.21 bits per heavy atom. The summed E-state index contributed by atoms with van der Waals surface area (Å²) >= 11 is 0. The molecule has 19 heavy (non-hydrogen) atoms. The summed E-state index contributed by atoms with van der Waals surface area (Å²) in [6, 6.07) is 3.93. The van der Waals surface area contributed by atoms with Gasteiger partial charge in [-0.05, 0) is 38.5 Å². The molecule has 0 aliphatic rings. The fourth-order valence-electron chi connectivity index (χ4n) is 2.07. The van der Waals surface area contributed by atoms with Crippen LogP contribution in [0.25, 0.3) is 0 Å². The lowest BCUT2D eigenvalue weighted by Gasteiger charge is -2.20. The lowest BCUT2D eigenvalue weighted by Crippen LogP contribution is -2.22. The zero-order valence-corrected chi connectivity index (χ0v) is 11.9. The van der Waals surface area contributed by atoms with Gasteiger partial charge in [-0.1, -0.05) is 0 Å². The highest BCUT2D eigenvalue weighted by Gasteiger charge is 2.14. The van der Waals surface area contributed by atoms with Crippen LogP contribution in [-0.2, 0) is 13.1 Å². The first-order chi connectivity index (χ1) is 9.02. The molecular formula is C14H20N4O. The molecule has 0 aromatic carbocycles. The molecule has 0 aliphatic heterocycles. The number of furan rings is 1. The topological polar surface area (TPSA) is 68.2 Å². The lowest BCUT2D eigenvalue weighted by atomic mass is 10.1. The fraction of sp³-hybridized carbons (Fsp3) is 0.429. The Labute approximate surface area is 113 Å². The Kier molecular flexibility index (Phi) is 3.85. The average Bonchev–Trinajstić information content (AvgIpc) is 2.77. The first-order valence-corrected chi connectivity index (χ1v) is 6.32. The molecule has 2 heterocycles. The van der Waals surface area contributed by atoms with E-state index in [1.807, 2.05) is 44.9 Å². The van der Waals surface area contributed by atoms with Gasteiger partial charge < -0.3 is 15.1 Å². The van der Waals surface area contributed by atoms with Crippen molar-refractivity contribution in [1.29, 1.82) is 0 Å². The highest BCUT2D eigenvalue weighted by molar-refractivity contribution is 5.50. The van der Waals surface area contributed by atoms with Crippen LogP contribution in [0.1, 0.15) is 28.3 Å². The number of aryl methyl sites for hydroxylation is 2. The van der Waals surface area contributed by atoms with Crippen molar-refractivity contribution >= 4 is 5.82 Å². The van der Waals surface area contributed by atoms with E-state index in [4.69, 9.17) is 10.2 Å². The summed E-state index contributed by atoms with van der Waals surface area (Å²) in [5.74, 6) is 2.64. The van der Waals surface area contributed by atoms with Crippen LogP contribution in [0.4, 0.5) is 5.82 Å². The largest absolute Gasteiger partial charge is 0.464 e. The highest BCUT2D eigenvalue weighted by atomic mass is 16.3. The summed E-state index contributed by atoms with van der Waals surface area (Å²) in [6.45, 7) is 7.02. The van der Waals surface area contributed by atoms with Gasteiger partial charge in [0.2, 0.25) is 0 Å². The number of nitrogens with zero attached hydrogens (tertiary/aromatic N) is 3. The molecule has 5 heteroatoms. The first kappa shape index (κ1) is 13.5. The van der Waals surface area contributed by atoms with E-state index >= 15 is 0 Å². The molecule has 0 fully saturated rings. The minimum atomic E-state index is 0.457. The van der Waals surface area contributed by atoms with Gasteiger partial charge in [0.25, 0.3) is 0 Å². The molecular weight excluding hydrogens is 240 g/mol. The molecule has 0 bridgehead atoms. The third-order valence-electron chi connectivity index (χ3n) is 3.31. The summed E-state index contributed by atoms with van der Waals surface area (Å²) in [4.78, 5) is 2.01. The zero-order chi connectivity index (χ0) is 14.0. The first-order valence-electron chi connectivity index (χ1n) is 6.32. The van der Waals surface area contributed by atoms with Crippen LogP contribution in [0.2, 0.25) is 0 Å². The van der Waals surface area contributed by atoms with Gasteiger partial charge >= 0.3 is 0 Å². The van der Waals surface area contributed by atoms with E-state index in [0.29, 0.717) is 13.1 Å². The van der Waals surface area contributed by atoms with Gasteiger partial charge in [-0.25, -0.2) is 0 Å². The Bertz CT molecular complexity index is 577. The van der Waals surface area contributed by atoms with Crippen molar-refractivity contribution in [3.8, 4) is 0 Å². The smallest absolute Gasteiger partial charge is 0.156 e. The predicted octanol–water partition coefficient (Wildman–Crippen LogP) is 2.09. The quantitative estimate of drug-likeness (QED) is 0.911. The summed E-state index contributed by atoms with van der Waals surface area (Å²) in [6.07, 6.45) is 0. The number of hydrogen-bond donors (Lipinski definition) is 1. The molecule has 0 radical (unpaired) electrons. The minimum Gasteiger partial charge on any atom is -0.464 e. The average molecular weight is 260 g/mol. The monoisotopic (exact) mass is 260 g/mol. The highest BCUT2D eigenvalue weighted by Crippen LogP contribution is 2.22. The molecule has 0 unspecified atom stereocenters. The van der Waals surface area contributed by atoms with E-state index in [9.17, 15) is 0 Å². The molecule has 0 saturated carbocycles. The van der Waals surface area contributed by atoms with Gasteiger partial charge in [0.15, 0.2) is 5.82 Å². The Hall–Kier alpha value is -1.88. The van der Waals surface area contributed by atoms with E-state index in [-0.39, 0.29) is 0 Å². The Morgan fingerprint density at radius 2 is 1.95 bits per heavy atom. The molecule has 0 aliphatic carbocycles. The molecule has 0 spiro atoms. The summed E-state index contributed by atoms with van der Waals surface area (Å²) in [5.41, 5.74) is 8.91. The summed E-state index contributed by atoms with van der Waals surface area (Å²) < 4.78 is 5.58. The lowest BCUT2D eigenvalue weighted by molar-refractivity contribution is 0.481. The van der Waals surface area contributed by atoms with Crippen molar-refractivity contribution in [1.82, 2.24) is 10.2 Å². The van der Waals surface area contributed by atoms with Crippen molar-refractivity contribution in [2.45, 2.75) is 33.9 Å². The van der Waals surface area contributed by atoms with Crippen LogP contribution in [0.3, 0.4) is 0 Å². The molecule has 0 saturated heterocycles. The summed E-state index contributed by atoms with van der Waals surface area (Å²) in [5, 5.41) is 8.44. The fourth-order valence-corrected chi connectivity index (χ4v) is 2.07. The van der Waals surface area contributed by atoms with E-state index in [2.05, 4.69) is 10.2 Å². The van der Waals surface area contributed by atoms with Gasteiger partial charge in [0.05, 0.1) is 12.2 Å². The predicted molar refractivity (Wildman–Crippen MR) is 74.9 cm³/mol. The van der Waals surface area contributed by atoms with Gasteiger partial charge in [0.1, 0.15) is 11.5 Å². The third-order valence-corrected chi connectivity index (χ3v) is 3.31. The third kappa shape index (κ3) is 2.76. The normalized spacial score (nSPS) is 10.8. The molecule has 2 aromatic rings. The maximum atomic E-state index is 5.84. The molecule has 102 valence electrons. The van der Waals surface area contributed by atoms with Crippen LogP contribution in [-0.4, -0.2) is 17.2 Å². The second-order valence-corrected chi connectivity index (χ2v) is 4.79. The van der Waals surface area contributed by atoms with Crippen LogP contribution in [0.15, 0.2) is 16.5 Å². The van der Waals surface area contributed by atoms with Crippen LogP contribution in [0.5, 0.6) is 0 Å². The number of aromatic nitrogens is 2. The number of nitrogens with two attached hydrogens (primary N) is 1. The van der Waals surface area contributed by atoms with E-state index in [1.165, 1.54) is 0 Å². The molecule has 0 atom stereocenters. The number of rotatable bonds is 4. The second-order valence-electron chi connectivity index (χ2n) is 4.79. The van der Waals surface area contributed by atoms with Gasteiger partial charge in [-0.2, -0.15) is 5.10 Å². The molecule has 0 amide bonds.